The molecule has 1 spiro atoms. The van der Waals surface area contributed by atoms with Gasteiger partial charge in [-0.15, -0.1) is 12.4 Å². The second-order valence-electron chi connectivity index (χ2n) is 9.14. The highest BCUT2D eigenvalue weighted by molar-refractivity contribution is 6.09. The third kappa shape index (κ3) is 4.74. The maximum absolute atomic E-state index is 12.9. The van der Waals surface area contributed by atoms with Crippen LogP contribution in [0, 0.1) is 11.3 Å². The molecule has 0 aromatic heterocycles. The molecule has 0 aromatic rings. The molecular formula is C19H33ClN4O3. The van der Waals surface area contributed by atoms with Gasteiger partial charge in [0.25, 0.3) is 5.91 Å². The van der Waals surface area contributed by atoms with Crippen LogP contribution in [-0.2, 0) is 9.59 Å². The van der Waals surface area contributed by atoms with Crippen molar-refractivity contribution in [2.45, 2.75) is 70.9 Å². The summed E-state index contributed by atoms with van der Waals surface area (Å²) in [6, 6.07) is -0.301. The number of carbonyl (C=O) groups is 3. The van der Waals surface area contributed by atoms with Crippen LogP contribution < -0.4 is 16.0 Å². The topological polar surface area (TPSA) is 90.5 Å². The van der Waals surface area contributed by atoms with Gasteiger partial charge in [-0.25, -0.2) is 4.79 Å². The molecule has 8 heteroatoms. The van der Waals surface area contributed by atoms with E-state index in [0.717, 1.165) is 43.7 Å². The molecule has 2 aliphatic heterocycles. The number of carbonyl (C=O) groups excluding carboxylic acids is 3. The molecule has 3 aliphatic rings. The molecule has 154 valence electrons. The molecule has 2 saturated heterocycles. The fraction of sp³-hybridized carbons (Fsp3) is 0.842. The van der Waals surface area contributed by atoms with E-state index >= 15 is 0 Å². The molecule has 1 aliphatic carbocycles. The van der Waals surface area contributed by atoms with Crippen molar-refractivity contribution < 1.29 is 14.4 Å². The first-order valence-corrected chi connectivity index (χ1v) is 9.85. The Morgan fingerprint density at radius 3 is 2.30 bits per heavy atom. The average Bonchev–Trinajstić information content (AvgIpc) is 2.79. The molecule has 3 rings (SSSR count). The lowest BCUT2D eigenvalue weighted by Crippen LogP contribution is -2.51. The summed E-state index contributed by atoms with van der Waals surface area (Å²) in [5.41, 5.74) is -0.588. The van der Waals surface area contributed by atoms with E-state index in [9.17, 15) is 14.4 Å². The van der Waals surface area contributed by atoms with Crippen molar-refractivity contribution >= 4 is 30.3 Å². The molecule has 27 heavy (non-hydrogen) atoms. The molecule has 0 radical (unpaired) electrons. The Balaban J connectivity index is 0.00000261. The number of imide groups is 1. The first kappa shape index (κ1) is 22.0. The smallest absolute Gasteiger partial charge is 0.325 e. The lowest BCUT2D eigenvalue weighted by molar-refractivity contribution is -0.136. The van der Waals surface area contributed by atoms with Gasteiger partial charge < -0.3 is 16.0 Å². The summed E-state index contributed by atoms with van der Waals surface area (Å²) in [4.78, 5) is 38.7. The van der Waals surface area contributed by atoms with Crippen molar-refractivity contribution in [3.63, 3.8) is 0 Å². The van der Waals surface area contributed by atoms with Crippen LogP contribution in [0.1, 0.15) is 59.3 Å². The van der Waals surface area contributed by atoms with E-state index in [-0.39, 0.29) is 42.2 Å². The largest absolute Gasteiger partial charge is 0.352 e. The molecule has 0 unspecified atom stereocenters. The Hall–Kier alpha value is -1.34. The number of nitrogens with one attached hydrogen (secondary N) is 3. The minimum Gasteiger partial charge on any atom is -0.352 e. The predicted octanol–water partition coefficient (Wildman–Crippen LogP) is 1.80. The van der Waals surface area contributed by atoms with E-state index in [1.165, 1.54) is 0 Å². The summed E-state index contributed by atoms with van der Waals surface area (Å²) in [6.07, 6.45) is 4.92. The summed E-state index contributed by atoms with van der Waals surface area (Å²) in [6.45, 7) is 8.25. The Bertz CT molecular complexity index is 576. The second-order valence-corrected chi connectivity index (χ2v) is 9.14. The van der Waals surface area contributed by atoms with Gasteiger partial charge in [0.2, 0.25) is 5.91 Å². The molecular weight excluding hydrogens is 368 g/mol. The van der Waals surface area contributed by atoms with E-state index in [0.29, 0.717) is 18.8 Å². The molecule has 1 saturated carbocycles. The molecule has 0 bridgehead atoms. The molecule has 0 aromatic carbocycles. The minimum absolute atomic E-state index is 0. The average molecular weight is 401 g/mol. The van der Waals surface area contributed by atoms with Gasteiger partial charge in [-0.1, -0.05) is 20.8 Å². The lowest BCUT2D eigenvalue weighted by atomic mass is 9.67. The van der Waals surface area contributed by atoms with E-state index in [1.54, 1.807) is 0 Å². The van der Waals surface area contributed by atoms with Crippen molar-refractivity contribution in [2.24, 2.45) is 11.3 Å². The van der Waals surface area contributed by atoms with Crippen LogP contribution in [0.2, 0.25) is 0 Å². The number of hydrogen-bond donors (Lipinski definition) is 3. The van der Waals surface area contributed by atoms with Gasteiger partial charge in [0.05, 0.1) is 0 Å². The normalized spacial score (nSPS) is 29.4. The Morgan fingerprint density at radius 2 is 1.74 bits per heavy atom. The highest BCUT2D eigenvalue weighted by atomic mass is 35.5. The third-order valence-corrected chi connectivity index (χ3v) is 6.32. The molecule has 0 atom stereocenters. The number of urea groups is 1. The van der Waals surface area contributed by atoms with Gasteiger partial charge in [0.1, 0.15) is 12.1 Å². The zero-order valence-electron chi connectivity index (χ0n) is 16.6. The van der Waals surface area contributed by atoms with Crippen molar-refractivity contribution in [2.75, 3.05) is 19.6 Å². The molecule has 3 N–H and O–H groups in total. The fourth-order valence-corrected chi connectivity index (χ4v) is 4.52. The lowest BCUT2D eigenvalue weighted by Gasteiger charge is -2.40. The number of amides is 4. The number of nitrogens with zero attached hydrogens (tertiary/aromatic N) is 1. The van der Waals surface area contributed by atoms with Gasteiger partial charge in [-0.2, -0.15) is 0 Å². The minimum atomic E-state index is -0.798. The maximum Gasteiger partial charge on any atom is 0.325 e. The van der Waals surface area contributed by atoms with Gasteiger partial charge in [-0.3, -0.25) is 14.5 Å². The van der Waals surface area contributed by atoms with Gasteiger partial charge in [0, 0.05) is 6.04 Å². The first-order chi connectivity index (χ1) is 12.2. The van der Waals surface area contributed by atoms with Crippen LogP contribution in [0.3, 0.4) is 0 Å². The van der Waals surface area contributed by atoms with E-state index in [4.69, 9.17) is 0 Å². The quantitative estimate of drug-likeness (QED) is 0.630. The summed E-state index contributed by atoms with van der Waals surface area (Å²) >= 11 is 0. The Labute approximate surface area is 167 Å². The first-order valence-electron chi connectivity index (χ1n) is 9.85. The van der Waals surface area contributed by atoms with Crippen LogP contribution in [0.5, 0.6) is 0 Å². The Morgan fingerprint density at radius 1 is 1.15 bits per heavy atom. The molecule has 2 heterocycles. The van der Waals surface area contributed by atoms with Crippen LogP contribution in [0.15, 0.2) is 0 Å². The Kier molecular flexibility index (Phi) is 6.79. The van der Waals surface area contributed by atoms with E-state index in [1.807, 2.05) is 0 Å². The number of halogens is 1. The molecule has 3 fully saturated rings. The zero-order chi connectivity index (χ0) is 18.9. The predicted molar refractivity (Wildman–Crippen MR) is 106 cm³/mol. The van der Waals surface area contributed by atoms with E-state index in [2.05, 4.69) is 36.7 Å². The van der Waals surface area contributed by atoms with Gasteiger partial charge in [-0.05, 0) is 62.9 Å². The zero-order valence-corrected chi connectivity index (χ0v) is 17.4. The monoisotopic (exact) mass is 400 g/mol. The summed E-state index contributed by atoms with van der Waals surface area (Å²) in [5.74, 6) is 0.0752. The standard InChI is InChI=1S/C19H32N4O3.ClH/c1-18(2,3)13-4-8-19(9-5-13)16(25)23(17(26)22-19)12-15(24)21-14-6-10-20-11-7-14;/h13-14,20H,4-12H2,1-3H3,(H,21,24)(H,22,26);1H. The van der Waals surface area contributed by atoms with E-state index < -0.39 is 11.6 Å². The van der Waals surface area contributed by atoms with Gasteiger partial charge in [0.15, 0.2) is 0 Å². The highest BCUT2D eigenvalue weighted by Crippen LogP contribution is 2.43. The number of piperidine rings is 1. The summed E-state index contributed by atoms with van der Waals surface area (Å²) < 4.78 is 0. The van der Waals surface area contributed by atoms with Gasteiger partial charge >= 0.3 is 6.03 Å². The van der Waals surface area contributed by atoms with Crippen molar-refractivity contribution in [3.8, 4) is 0 Å². The second kappa shape index (κ2) is 8.35. The van der Waals surface area contributed by atoms with Crippen LogP contribution in [0.4, 0.5) is 4.79 Å². The molecule has 4 amide bonds. The third-order valence-electron chi connectivity index (χ3n) is 6.32. The van der Waals surface area contributed by atoms with Crippen molar-refractivity contribution in [1.82, 2.24) is 20.9 Å². The number of hydrogen-bond acceptors (Lipinski definition) is 4. The summed E-state index contributed by atoms with van der Waals surface area (Å²) in [7, 11) is 0. The maximum atomic E-state index is 12.9. The molecule has 7 nitrogen and oxygen atoms in total. The SMILES string of the molecule is CC(C)(C)C1CCC2(CC1)NC(=O)N(CC(=O)NC1CCNCC1)C2=O.Cl. The van der Waals surface area contributed by atoms with Crippen LogP contribution in [0.25, 0.3) is 0 Å². The van der Waals surface area contributed by atoms with Crippen molar-refractivity contribution in [3.05, 3.63) is 0 Å². The van der Waals surface area contributed by atoms with Crippen LogP contribution >= 0.6 is 12.4 Å². The van der Waals surface area contributed by atoms with Crippen LogP contribution in [-0.4, -0.2) is 54.0 Å². The van der Waals surface area contributed by atoms with Crippen molar-refractivity contribution in [1.29, 1.82) is 0 Å². The summed E-state index contributed by atoms with van der Waals surface area (Å²) in [5, 5.41) is 9.10. The number of rotatable bonds is 3. The highest BCUT2D eigenvalue weighted by Gasteiger charge is 2.53. The fourth-order valence-electron chi connectivity index (χ4n) is 4.52.